The zero-order chi connectivity index (χ0) is 15.7. The Balaban J connectivity index is 1.92. The Morgan fingerprint density at radius 3 is 2.59 bits per heavy atom. The SMILES string of the molecule is Cc1c(C(=O)Nc2cccc(C(N)=O)c2)sc2ccccc12. The maximum atomic E-state index is 12.5. The molecule has 1 heterocycles. The Labute approximate surface area is 131 Å². The summed E-state index contributed by atoms with van der Waals surface area (Å²) in [6, 6.07) is 14.5. The van der Waals surface area contributed by atoms with Crippen LogP contribution in [0.4, 0.5) is 5.69 Å². The standard InChI is InChI=1S/C17H14N2O2S/c1-10-13-7-2-3-8-14(13)22-15(10)17(21)19-12-6-4-5-11(9-12)16(18)20/h2-9H,1H3,(H2,18,20)(H,19,21). The normalized spacial score (nSPS) is 10.6. The second-order valence-electron chi connectivity index (χ2n) is 4.95. The van der Waals surface area contributed by atoms with E-state index in [0.717, 1.165) is 15.6 Å². The molecule has 0 aliphatic carbocycles. The molecule has 0 atom stereocenters. The van der Waals surface area contributed by atoms with E-state index in [-0.39, 0.29) is 5.91 Å². The van der Waals surface area contributed by atoms with Gasteiger partial charge in [0, 0.05) is 16.0 Å². The fourth-order valence-electron chi connectivity index (χ4n) is 2.33. The zero-order valence-electron chi connectivity index (χ0n) is 11.9. The van der Waals surface area contributed by atoms with Crippen LogP contribution in [0.15, 0.2) is 48.5 Å². The molecular formula is C17H14N2O2S. The van der Waals surface area contributed by atoms with Crippen LogP contribution >= 0.6 is 11.3 Å². The number of rotatable bonds is 3. The van der Waals surface area contributed by atoms with Gasteiger partial charge in [-0.1, -0.05) is 24.3 Å². The Hall–Kier alpha value is -2.66. The van der Waals surface area contributed by atoms with Gasteiger partial charge in [-0.3, -0.25) is 9.59 Å². The van der Waals surface area contributed by atoms with Gasteiger partial charge in [0.1, 0.15) is 0 Å². The van der Waals surface area contributed by atoms with Crippen LogP contribution in [0, 0.1) is 6.92 Å². The third kappa shape index (κ3) is 2.58. The number of amides is 2. The number of nitrogens with one attached hydrogen (secondary N) is 1. The highest BCUT2D eigenvalue weighted by Crippen LogP contribution is 2.31. The lowest BCUT2D eigenvalue weighted by Gasteiger charge is -2.05. The van der Waals surface area contributed by atoms with Gasteiger partial charge in [-0.25, -0.2) is 0 Å². The number of carbonyl (C=O) groups excluding carboxylic acids is 2. The molecule has 2 amide bonds. The molecule has 1 aromatic heterocycles. The van der Waals surface area contributed by atoms with E-state index in [4.69, 9.17) is 5.73 Å². The predicted octanol–water partition coefficient (Wildman–Crippen LogP) is 3.56. The molecule has 3 aromatic rings. The van der Waals surface area contributed by atoms with Gasteiger partial charge in [-0.2, -0.15) is 0 Å². The second kappa shape index (κ2) is 5.61. The Morgan fingerprint density at radius 2 is 1.86 bits per heavy atom. The van der Waals surface area contributed by atoms with E-state index in [9.17, 15) is 9.59 Å². The molecular weight excluding hydrogens is 296 g/mol. The van der Waals surface area contributed by atoms with Gasteiger partial charge in [0.05, 0.1) is 4.88 Å². The van der Waals surface area contributed by atoms with Crippen LogP contribution in [-0.4, -0.2) is 11.8 Å². The molecule has 5 heteroatoms. The van der Waals surface area contributed by atoms with Crippen molar-refractivity contribution in [1.29, 1.82) is 0 Å². The molecule has 110 valence electrons. The van der Waals surface area contributed by atoms with Crippen molar-refractivity contribution in [3.63, 3.8) is 0 Å². The summed E-state index contributed by atoms with van der Waals surface area (Å²) in [5.74, 6) is -0.700. The molecule has 22 heavy (non-hydrogen) atoms. The fourth-order valence-corrected chi connectivity index (χ4v) is 3.43. The molecule has 0 unspecified atom stereocenters. The van der Waals surface area contributed by atoms with Crippen molar-refractivity contribution < 1.29 is 9.59 Å². The van der Waals surface area contributed by atoms with Gasteiger partial charge in [0.15, 0.2) is 0 Å². The number of hydrogen-bond donors (Lipinski definition) is 2. The smallest absolute Gasteiger partial charge is 0.266 e. The number of fused-ring (bicyclic) bond motifs is 1. The first-order chi connectivity index (χ1) is 10.6. The number of hydrogen-bond acceptors (Lipinski definition) is 3. The topological polar surface area (TPSA) is 72.2 Å². The quantitative estimate of drug-likeness (QED) is 0.776. The van der Waals surface area contributed by atoms with E-state index in [0.29, 0.717) is 16.1 Å². The molecule has 0 saturated heterocycles. The highest BCUT2D eigenvalue weighted by molar-refractivity contribution is 7.21. The van der Waals surface area contributed by atoms with Gasteiger partial charge in [0.2, 0.25) is 5.91 Å². The molecule has 4 nitrogen and oxygen atoms in total. The molecule has 0 saturated carbocycles. The summed E-state index contributed by atoms with van der Waals surface area (Å²) in [6.45, 7) is 1.94. The van der Waals surface area contributed by atoms with Crippen molar-refractivity contribution in [2.24, 2.45) is 5.73 Å². The van der Waals surface area contributed by atoms with Crippen LogP contribution in [0.1, 0.15) is 25.6 Å². The number of thiophene rings is 1. The summed E-state index contributed by atoms with van der Waals surface area (Å²) in [5.41, 5.74) is 7.13. The molecule has 3 rings (SSSR count). The average Bonchev–Trinajstić information content (AvgIpc) is 2.85. The number of aryl methyl sites for hydroxylation is 1. The lowest BCUT2D eigenvalue weighted by atomic mass is 10.1. The lowest BCUT2D eigenvalue weighted by molar-refractivity contribution is 0.0996. The van der Waals surface area contributed by atoms with E-state index in [1.165, 1.54) is 11.3 Å². The van der Waals surface area contributed by atoms with Crippen LogP contribution in [0.25, 0.3) is 10.1 Å². The van der Waals surface area contributed by atoms with E-state index >= 15 is 0 Å². The van der Waals surface area contributed by atoms with Crippen LogP contribution in [0.2, 0.25) is 0 Å². The Bertz CT molecular complexity index is 883. The predicted molar refractivity (Wildman–Crippen MR) is 89.5 cm³/mol. The van der Waals surface area contributed by atoms with E-state index in [1.54, 1.807) is 24.3 Å². The van der Waals surface area contributed by atoms with Crippen molar-refractivity contribution in [2.75, 3.05) is 5.32 Å². The number of carbonyl (C=O) groups is 2. The molecule has 3 N–H and O–H groups in total. The van der Waals surface area contributed by atoms with Crippen molar-refractivity contribution in [2.45, 2.75) is 6.92 Å². The fraction of sp³-hybridized carbons (Fsp3) is 0.0588. The van der Waals surface area contributed by atoms with Gasteiger partial charge >= 0.3 is 0 Å². The molecule has 2 aromatic carbocycles. The monoisotopic (exact) mass is 310 g/mol. The third-order valence-electron chi connectivity index (χ3n) is 3.45. The van der Waals surface area contributed by atoms with Crippen LogP contribution in [0.3, 0.4) is 0 Å². The van der Waals surface area contributed by atoms with Crippen LogP contribution in [0.5, 0.6) is 0 Å². The van der Waals surface area contributed by atoms with E-state index in [2.05, 4.69) is 5.32 Å². The lowest BCUT2D eigenvalue weighted by Crippen LogP contribution is -2.14. The third-order valence-corrected chi connectivity index (χ3v) is 4.73. The summed E-state index contributed by atoms with van der Waals surface area (Å²) >= 11 is 1.46. The Morgan fingerprint density at radius 1 is 1.09 bits per heavy atom. The minimum absolute atomic E-state index is 0.180. The van der Waals surface area contributed by atoms with Crippen molar-refractivity contribution in [1.82, 2.24) is 0 Å². The summed E-state index contributed by atoms with van der Waals surface area (Å²) in [4.78, 5) is 24.3. The van der Waals surface area contributed by atoms with Gasteiger partial charge < -0.3 is 11.1 Å². The molecule has 0 radical (unpaired) electrons. The van der Waals surface area contributed by atoms with E-state index < -0.39 is 5.91 Å². The largest absolute Gasteiger partial charge is 0.366 e. The van der Waals surface area contributed by atoms with E-state index in [1.807, 2.05) is 31.2 Å². The van der Waals surface area contributed by atoms with Crippen LogP contribution in [-0.2, 0) is 0 Å². The second-order valence-corrected chi connectivity index (χ2v) is 6.00. The molecule has 0 spiro atoms. The molecule has 0 bridgehead atoms. The highest BCUT2D eigenvalue weighted by atomic mass is 32.1. The van der Waals surface area contributed by atoms with Crippen LogP contribution < -0.4 is 11.1 Å². The first-order valence-corrected chi connectivity index (χ1v) is 7.57. The van der Waals surface area contributed by atoms with Gasteiger partial charge in [-0.15, -0.1) is 11.3 Å². The number of nitrogens with two attached hydrogens (primary N) is 1. The maximum absolute atomic E-state index is 12.5. The summed E-state index contributed by atoms with van der Waals surface area (Å²) in [6.07, 6.45) is 0. The first kappa shape index (κ1) is 14.3. The summed E-state index contributed by atoms with van der Waals surface area (Å²) in [7, 11) is 0. The Kier molecular flexibility index (Phi) is 3.65. The minimum Gasteiger partial charge on any atom is -0.366 e. The number of benzene rings is 2. The molecule has 0 fully saturated rings. The molecule has 0 aliphatic rings. The van der Waals surface area contributed by atoms with Gasteiger partial charge in [0.25, 0.3) is 5.91 Å². The van der Waals surface area contributed by atoms with Gasteiger partial charge in [-0.05, 0) is 42.1 Å². The summed E-state index contributed by atoms with van der Waals surface area (Å²) in [5, 5.41) is 3.91. The maximum Gasteiger partial charge on any atom is 0.266 e. The van der Waals surface area contributed by atoms with Crippen molar-refractivity contribution >= 4 is 38.9 Å². The summed E-state index contributed by atoms with van der Waals surface area (Å²) < 4.78 is 1.08. The average molecular weight is 310 g/mol. The number of primary amides is 1. The highest BCUT2D eigenvalue weighted by Gasteiger charge is 2.15. The minimum atomic E-state index is -0.519. The number of anilines is 1. The van der Waals surface area contributed by atoms with Crippen molar-refractivity contribution in [3.05, 3.63) is 64.5 Å². The molecule has 0 aliphatic heterocycles. The van der Waals surface area contributed by atoms with Crippen molar-refractivity contribution in [3.8, 4) is 0 Å². The zero-order valence-corrected chi connectivity index (χ0v) is 12.7. The first-order valence-electron chi connectivity index (χ1n) is 6.75.